The molecule has 1 saturated heterocycles. The number of ether oxygens (including phenoxy) is 3. The second-order valence-corrected chi connectivity index (χ2v) is 22.5. The normalized spacial score (nSPS) is 19.3. The zero-order chi connectivity index (χ0) is 57.5. The predicted octanol–water partition coefficient (Wildman–Crippen LogP) is 16.0. The molecule has 0 aromatic carbocycles. The first kappa shape index (κ1) is 74.1. The predicted molar refractivity (Wildman–Crippen MR) is 329 cm³/mol. The number of rotatable bonds is 55. The maximum Gasteiger partial charge on any atom is 0.306 e. The van der Waals surface area contributed by atoms with E-state index in [4.69, 9.17) is 14.2 Å². The summed E-state index contributed by atoms with van der Waals surface area (Å²) in [6, 6.07) is -1.06. The van der Waals surface area contributed by atoms with Gasteiger partial charge >= 0.3 is 5.97 Å². The standard InChI is InChI=1S/C68H121NO10/c1-4-7-10-13-16-19-22-25-27-29-30-31-32-33-35-38-41-44-47-50-53-56-63(73)79-66-65(75)64(74)62(57-70)78-68(66)77-58-59(60(71)54-51-48-45-42-39-36-24-21-18-15-12-9-6-3)69-67(76)61(72)55-52-49-46-43-40-37-34-28-26-23-20-17-14-11-8-5-2/h8,11,17,20,26,28,37,40,46,49,51,54,59-62,64-66,68,70-72,74-75H,4-7,9-10,12-16,18-19,21-25,27,29-36,38-39,41-45,47-48,50,52-53,55-58H2,1-3H3,(H,69,76)/b11-8-,20-17-,28-26-,40-37-,49-46-,54-51+. The number of allylic oxidation sites excluding steroid dienone is 11. The van der Waals surface area contributed by atoms with Gasteiger partial charge in [-0.25, -0.2) is 0 Å². The second-order valence-electron chi connectivity index (χ2n) is 22.5. The Hall–Kier alpha value is -2.90. The fourth-order valence-corrected chi connectivity index (χ4v) is 9.98. The van der Waals surface area contributed by atoms with E-state index < -0.39 is 67.4 Å². The van der Waals surface area contributed by atoms with Gasteiger partial charge in [0.15, 0.2) is 12.4 Å². The van der Waals surface area contributed by atoms with Crippen LogP contribution >= 0.6 is 0 Å². The summed E-state index contributed by atoms with van der Waals surface area (Å²) in [6.45, 7) is 5.66. The molecular weight excluding hydrogens is 991 g/mol. The third-order valence-electron chi connectivity index (χ3n) is 15.1. The van der Waals surface area contributed by atoms with Gasteiger partial charge in [-0.05, 0) is 64.2 Å². The van der Waals surface area contributed by atoms with Gasteiger partial charge in [-0.15, -0.1) is 0 Å². The van der Waals surface area contributed by atoms with Crippen LogP contribution in [0.1, 0.15) is 284 Å². The van der Waals surface area contributed by atoms with Crippen molar-refractivity contribution < 1.29 is 49.3 Å². The molecule has 0 aromatic heterocycles. The summed E-state index contributed by atoms with van der Waals surface area (Å²) in [6.07, 6.45) is 61.0. The first-order valence-corrected chi connectivity index (χ1v) is 32.7. The summed E-state index contributed by atoms with van der Waals surface area (Å²) in [5.41, 5.74) is 0. The summed E-state index contributed by atoms with van der Waals surface area (Å²) in [7, 11) is 0. The average Bonchev–Trinajstić information content (AvgIpc) is 3.49. The Bertz CT molecular complexity index is 1560. The summed E-state index contributed by atoms with van der Waals surface area (Å²) in [5, 5.41) is 57.0. The van der Waals surface area contributed by atoms with Crippen LogP contribution in [0.3, 0.4) is 0 Å². The SMILES string of the molecule is CC/C=C\C/C=C\C/C=C\C/C=C\C/C=C\CCC(O)C(=O)NC(COC1OC(CO)C(O)C(O)C1OC(=O)CCCCCCCCCCCCCCCCCCCCCCC)C(O)/C=C/CCCCCCCCCCCCC. The van der Waals surface area contributed by atoms with Crippen molar-refractivity contribution in [2.24, 2.45) is 0 Å². The molecule has 1 heterocycles. The Labute approximate surface area is 483 Å². The van der Waals surface area contributed by atoms with Crippen LogP contribution < -0.4 is 5.32 Å². The highest BCUT2D eigenvalue weighted by Gasteiger charge is 2.47. The van der Waals surface area contributed by atoms with Crippen LogP contribution in [0.15, 0.2) is 72.9 Å². The van der Waals surface area contributed by atoms with Crippen molar-refractivity contribution in [2.75, 3.05) is 13.2 Å². The zero-order valence-corrected chi connectivity index (χ0v) is 50.7. The molecule has 79 heavy (non-hydrogen) atoms. The van der Waals surface area contributed by atoms with Gasteiger partial charge in [-0.3, -0.25) is 9.59 Å². The largest absolute Gasteiger partial charge is 0.454 e. The monoisotopic (exact) mass is 1110 g/mol. The molecular formula is C68H121NO10. The van der Waals surface area contributed by atoms with Crippen LogP contribution in [0.4, 0.5) is 0 Å². The Balaban J connectivity index is 2.67. The lowest BCUT2D eigenvalue weighted by atomic mass is 9.99. The van der Waals surface area contributed by atoms with Crippen molar-refractivity contribution in [3.8, 4) is 0 Å². The molecule has 0 radical (unpaired) electrons. The molecule has 1 fully saturated rings. The topological polar surface area (TPSA) is 175 Å². The van der Waals surface area contributed by atoms with Crippen LogP contribution in [0, 0.1) is 0 Å². The Morgan fingerprint density at radius 3 is 1.34 bits per heavy atom. The molecule has 6 N–H and O–H groups in total. The van der Waals surface area contributed by atoms with Crippen molar-refractivity contribution >= 4 is 11.9 Å². The smallest absolute Gasteiger partial charge is 0.306 e. The van der Waals surface area contributed by atoms with Crippen molar-refractivity contribution in [2.45, 2.75) is 333 Å². The highest BCUT2D eigenvalue weighted by molar-refractivity contribution is 5.80. The van der Waals surface area contributed by atoms with Gasteiger partial charge in [0.25, 0.3) is 0 Å². The van der Waals surface area contributed by atoms with E-state index in [9.17, 15) is 35.1 Å². The van der Waals surface area contributed by atoms with E-state index in [2.05, 4.69) is 74.7 Å². The Kier molecular flexibility index (Phi) is 52.2. The number of aliphatic hydroxyl groups is 5. The van der Waals surface area contributed by atoms with E-state index >= 15 is 0 Å². The van der Waals surface area contributed by atoms with Crippen molar-refractivity contribution in [1.82, 2.24) is 5.32 Å². The van der Waals surface area contributed by atoms with Crippen molar-refractivity contribution in [3.05, 3.63) is 72.9 Å². The fourth-order valence-electron chi connectivity index (χ4n) is 9.98. The van der Waals surface area contributed by atoms with Crippen LogP contribution in [0.2, 0.25) is 0 Å². The molecule has 0 saturated carbocycles. The number of carbonyl (C=O) groups is 2. The molecule has 0 spiro atoms. The number of amides is 1. The molecule has 8 atom stereocenters. The molecule has 1 aliphatic rings. The quantitative estimate of drug-likeness (QED) is 0.0195. The lowest BCUT2D eigenvalue weighted by molar-refractivity contribution is -0.305. The number of esters is 1. The van der Waals surface area contributed by atoms with Gasteiger partial charge in [0.1, 0.15) is 24.4 Å². The highest BCUT2D eigenvalue weighted by Crippen LogP contribution is 2.26. The van der Waals surface area contributed by atoms with Crippen LogP contribution in [-0.4, -0.2) is 99.6 Å². The van der Waals surface area contributed by atoms with Crippen LogP contribution in [-0.2, 0) is 23.8 Å². The molecule has 11 nitrogen and oxygen atoms in total. The maximum absolute atomic E-state index is 13.4. The zero-order valence-electron chi connectivity index (χ0n) is 50.7. The summed E-state index contributed by atoms with van der Waals surface area (Å²) in [4.78, 5) is 26.6. The second kappa shape index (κ2) is 55.6. The maximum atomic E-state index is 13.4. The number of unbranched alkanes of at least 4 members (excludes halogenated alkanes) is 31. The highest BCUT2D eigenvalue weighted by atomic mass is 16.7. The molecule has 0 bridgehead atoms. The third kappa shape index (κ3) is 43.5. The minimum Gasteiger partial charge on any atom is -0.454 e. The van der Waals surface area contributed by atoms with E-state index in [0.29, 0.717) is 12.8 Å². The number of hydrogen-bond acceptors (Lipinski definition) is 10. The molecule has 1 amide bonds. The van der Waals surface area contributed by atoms with Crippen LogP contribution in [0.5, 0.6) is 0 Å². The first-order chi connectivity index (χ1) is 38.7. The lowest BCUT2D eigenvalue weighted by Crippen LogP contribution is -2.61. The van der Waals surface area contributed by atoms with Gasteiger partial charge in [0, 0.05) is 6.42 Å². The van der Waals surface area contributed by atoms with E-state index in [1.54, 1.807) is 6.08 Å². The van der Waals surface area contributed by atoms with Crippen molar-refractivity contribution in [3.63, 3.8) is 0 Å². The number of hydrogen-bond donors (Lipinski definition) is 6. The fraction of sp³-hybridized carbons (Fsp3) is 0.794. The molecule has 11 heteroatoms. The van der Waals surface area contributed by atoms with Gasteiger partial charge in [-0.1, -0.05) is 286 Å². The minimum absolute atomic E-state index is 0.118. The first-order valence-electron chi connectivity index (χ1n) is 32.7. The third-order valence-corrected chi connectivity index (χ3v) is 15.1. The van der Waals surface area contributed by atoms with Crippen LogP contribution in [0.25, 0.3) is 0 Å². The van der Waals surface area contributed by atoms with Gasteiger partial charge < -0.3 is 45.1 Å². The summed E-state index contributed by atoms with van der Waals surface area (Å²) >= 11 is 0. The van der Waals surface area contributed by atoms with Gasteiger partial charge in [0.05, 0.1) is 25.4 Å². The van der Waals surface area contributed by atoms with Gasteiger partial charge in [-0.2, -0.15) is 0 Å². The van der Waals surface area contributed by atoms with E-state index in [-0.39, 0.29) is 19.4 Å². The summed E-state index contributed by atoms with van der Waals surface area (Å²) in [5.74, 6) is -1.25. The van der Waals surface area contributed by atoms with Crippen molar-refractivity contribution in [1.29, 1.82) is 0 Å². The lowest BCUT2D eigenvalue weighted by Gasteiger charge is -2.41. The number of nitrogens with one attached hydrogen (secondary N) is 1. The molecule has 8 unspecified atom stereocenters. The number of carbonyl (C=O) groups excluding carboxylic acids is 2. The summed E-state index contributed by atoms with van der Waals surface area (Å²) < 4.78 is 17.6. The number of aliphatic hydroxyl groups excluding tert-OH is 5. The minimum atomic E-state index is -1.62. The van der Waals surface area contributed by atoms with E-state index in [1.807, 2.05) is 18.2 Å². The molecule has 0 aliphatic carbocycles. The molecule has 458 valence electrons. The molecule has 1 aliphatic heterocycles. The molecule has 1 rings (SSSR count). The average molecular weight is 1110 g/mol. The van der Waals surface area contributed by atoms with E-state index in [0.717, 1.165) is 77.0 Å². The van der Waals surface area contributed by atoms with Gasteiger partial charge in [0.2, 0.25) is 5.91 Å². The van der Waals surface area contributed by atoms with E-state index in [1.165, 1.54) is 161 Å². The molecule has 0 aromatic rings. The Morgan fingerprint density at radius 2 is 0.911 bits per heavy atom. The Morgan fingerprint density at radius 1 is 0.506 bits per heavy atom.